The highest BCUT2D eigenvalue weighted by molar-refractivity contribution is 6.99. The minimum absolute atomic E-state index is 0.226. The quantitative estimate of drug-likeness (QED) is 0.629. The van der Waals surface area contributed by atoms with Crippen LogP contribution in [-0.2, 0) is 0 Å². The summed E-state index contributed by atoms with van der Waals surface area (Å²) in [5, 5.41) is 0. The molecule has 0 saturated carbocycles. The summed E-state index contributed by atoms with van der Waals surface area (Å²) in [5.41, 5.74) is 4.84. The van der Waals surface area contributed by atoms with Gasteiger partial charge >= 0.3 is 0 Å². The number of nitrogens with one attached hydrogen (secondary N) is 1. The van der Waals surface area contributed by atoms with Crippen molar-refractivity contribution in [1.82, 2.24) is 14.2 Å². The van der Waals surface area contributed by atoms with Crippen molar-refractivity contribution < 1.29 is 4.39 Å². The monoisotopic (exact) mass is 238 g/mol. The number of aryl methyl sites for hydroxylation is 1. The van der Waals surface area contributed by atoms with Gasteiger partial charge in [-0.25, -0.2) is 9.82 Å². The molecule has 16 heavy (non-hydrogen) atoms. The number of hydrazine groups is 1. The fourth-order valence-electron chi connectivity index (χ4n) is 1.50. The summed E-state index contributed by atoms with van der Waals surface area (Å²) >= 11 is 1.12. The third-order valence-electron chi connectivity index (χ3n) is 2.36. The Hall–Kier alpha value is -1.37. The second-order valence-electron chi connectivity index (χ2n) is 3.44. The van der Waals surface area contributed by atoms with Gasteiger partial charge in [0.15, 0.2) is 0 Å². The third-order valence-corrected chi connectivity index (χ3v) is 2.85. The van der Waals surface area contributed by atoms with E-state index >= 15 is 0 Å². The number of nitrogens with two attached hydrogens (primary N) is 1. The zero-order valence-corrected chi connectivity index (χ0v) is 9.46. The van der Waals surface area contributed by atoms with E-state index in [1.807, 2.05) is 0 Å². The molecule has 1 unspecified atom stereocenters. The van der Waals surface area contributed by atoms with Crippen LogP contribution < -0.4 is 11.3 Å². The van der Waals surface area contributed by atoms with Crippen molar-refractivity contribution in [3.63, 3.8) is 0 Å². The molecule has 1 aromatic heterocycles. The van der Waals surface area contributed by atoms with Crippen molar-refractivity contribution in [3.8, 4) is 0 Å². The first-order valence-corrected chi connectivity index (χ1v) is 5.45. The smallest absolute Gasteiger partial charge is 0.126 e. The highest BCUT2D eigenvalue weighted by Crippen LogP contribution is 2.21. The molecule has 6 heteroatoms. The van der Waals surface area contributed by atoms with Crippen LogP contribution in [0.5, 0.6) is 0 Å². The Kier molecular flexibility index (Phi) is 3.23. The lowest BCUT2D eigenvalue weighted by atomic mass is 10.0. The average Bonchev–Trinajstić information content (AvgIpc) is 2.78. The van der Waals surface area contributed by atoms with E-state index in [1.165, 1.54) is 6.07 Å². The van der Waals surface area contributed by atoms with Crippen LogP contribution in [0.4, 0.5) is 4.39 Å². The van der Waals surface area contributed by atoms with E-state index in [2.05, 4.69) is 14.2 Å². The van der Waals surface area contributed by atoms with Gasteiger partial charge in [0.1, 0.15) is 5.82 Å². The van der Waals surface area contributed by atoms with Gasteiger partial charge in [-0.05, 0) is 24.1 Å². The van der Waals surface area contributed by atoms with Gasteiger partial charge in [-0.3, -0.25) is 5.84 Å². The van der Waals surface area contributed by atoms with E-state index in [9.17, 15) is 4.39 Å². The summed E-state index contributed by atoms with van der Waals surface area (Å²) in [6.07, 6.45) is 1.65. The Morgan fingerprint density at radius 1 is 1.50 bits per heavy atom. The standard InChI is InChI=1S/C10H11FN4S/c1-6-4-7(2-3-8(6)11)10(14-12)9-5-13-16-15-9/h2-5,10,14H,12H2,1H3. The minimum Gasteiger partial charge on any atom is -0.271 e. The van der Waals surface area contributed by atoms with Gasteiger partial charge in [-0.1, -0.05) is 12.1 Å². The van der Waals surface area contributed by atoms with Crippen molar-refractivity contribution in [2.24, 2.45) is 5.84 Å². The molecular weight excluding hydrogens is 227 g/mol. The van der Waals surface area contributed by atoms with Crippen molar-refractivity contribution in [2.75, 3.05) is 0 Å². The Balaban J connectivity index is 2.37. The maximum absolute atomic E-state index is 13.1. The van der Waals surface area contributed by atoms with Crippen LogP contribution in [0.2, 0.25) is 0 Å². The second kappa shape index (κ2) is 4.65. The van der Waals surface area contributed by atoms with Gasteiger partial charge in [-0.15, -0.1) is 0 Å². The number of halogens is 1. The predicted octanol–water partition coefficient (Wildman–Crippen LogP) is 1.54. The molecule has 0 bridgehead atoms. The first-order valence-electron chi connectivity index (χ1n) is 4.72. The van der Waals surface area contributed by atoms with Crippen LogP contribution in [0.25, 0.3) is 0 Å². The molecule has 0 spiro atoms. The average molecular weight is 238 g/mol. The van der Waals surface area contributed by atoms with Gasteiger partial charge < -0.3 is 0 Å². The van der Waals surface area contributed by atoms with Crippen molar-refractivity contribution >= 4 is 11.7 Å². The van der Waals surface area contributed by atoms with Crippen LogP contribution >= 0.6 is 11.7 Å². The molecule has 0 aliphatic rings. The van der Waals surface area contributed by atoms with Gasteiger partial charge in [0.25, 0.3) is 0 Å². The maximum Gasteiger partial charge on any atom is 0.126 e. The zero-order valence-electron chi connectivity index (χ0n) is 8.64. The highest BCUT2D eigenvalue weighted by atomic mass is 32.1. The molecule has 0 amide bonds. The van der Waals surface area contributed by atoms with E-state index < -0.39 is 0 Å². The molecule has 2 rings (SSSR count). The molecule has 1 atom stereocenters. The number of nitrogens with zero attached hydrogens (tertiary/aromatic N) is 2. The highest BCUT2D eigenvalue weighted by Gasteiger charge is 2.15. The fraction of sp³-hybridized carbons (Fsp3) is 0.200. The Morgan fingerprint density at radius 2 is 2.31 bits per heavy atom. The summed E-state index contributed by atoms with van der Waals surface area (Å²) in [7, 11) is 0. The molecule has 0 radical (unpaired) electrons. The van der Waals surface area contributed by atoms with Gasteiger partial charge in [-0.2, -0.15) is 8.75 Å². The van der Waals surface area contributed by atoms with E-state index in [1.54, 1.807) is 25.3 Å². The molecule has 3 N–H and O–H groups in total. The predicted molar refractivity (Wildman–Crippen MR) is 60.2 cm³/mol. The normalized spacial score (nSPS) is 12.7. The Bertz CT molecular complexity index is 472. The first-order chi connectivity index (χ1) is 7.72. The number of hydrogen-bond acceptors (Lipinski definition) is 5. The number of hydrogen-bond donors (Lipinski definition) is 2. The molecule has 84 valence electrons. The molecule has 0 aliphatic heterocycles. The summed E-state index contributed by atoms with van der Waals surface area (Å²) in [5.74, 6) is 5.25. The molecule has 0 aliphatic carbocycles. The molecule has 1 aromatic carbocycles. The van der Waals surface area contributed by atoms with Gasteiger partial charge in [0, 0.05) is 0 Å². The second-order valence-corrected chi connectivity index (χ2v) is 4.00. The minimum atomic E-state index is -0.252. The van der Waals surface area contributed by atoms with Gasteiger partial charge in [0.2, 0.25) is 0 Å². The van der Waals surface area contributed by atoms with Crippen molar-refractivity contribution in [1.29, 1.82) is 0 Å². The van der Waals surface area contributed by atoms with Crippen LogP contribution in [-0.4, -0.2) is 8.75 Å². The molecule has 0 fully saturated rings. The Labute approximate surface area is 96.6 Å². The van der Waals surface area contributed by atoms with Crippen molar-refractivity contribution in [3.05, 3.63) is 47.0 Å². The van der Waals surface area contributed by atoms with Crippen LogP contribution in [0.1, 0.15) is 22.9 Å². The fourth-order valence-corrected chi connectivity index (χ4v) is 1.95. The molecule has 2 aromatic rings. The van der Waals surface area contributed by atoms with E-state index in [0.717, 1.165) is 23.0 Å². The summed E-state index contributed by atoms with van der Waals surface area (Å²) in [6, 6.07) is 4.61. The summed E-state index contributed by atoms with van der Waals surface area (Å²) in [6.45, 7) is 1.71. The summed E-state index contributed by atoms with van der Waals surface area (Å²) < 4.78 is 21.2. The topological polar surface area (TPSA) is 63.8 Å². The van der Waals surface area contributed by atoms with E-state index in [-0.39, 0.29) is 11.9 Å². The molecular formula is C10H11FN4S. The SMILES string of the molecule is Cc1cc(C(NN)c2cnsn2)ccc1F. The molecule has 4 nitrogen and oxygen atoms in total. The number of aromatic nitrogens is 2. The zero-order chi connectivity index (χ0) is 11.5. The molecule has 0 saturated heterocycles. The Morgan fingerprint density at radius 3 is 2.88 bits per heavy atom. The number of rotatable bonds is 3. The number of benzene rings is 1. The lowest BCUT2D eigenvalue weighted by Crippen LogP contribution is -2.29. The lowest BCUT2D eigenvalue weighted by molar-refractivity contribution is 0.604. The van der Waals surface area contributed by atoms with Crippen LogP contribution in [0.3, 0.4) is 0 Å². The largest absolute Gasteiger partial charge is 0.271 e. The first kappa shape index (κ1) is 11.1. The van der Waals surface area contributed by atoms with Crippen LogP contribution in [0, 0.1) is 12.7 Å². The maximum atomic E-state index is 13.1. The van der Waals surface area contributed by atoms with E-state index in [4.69, 9.17) is 5.84 Å². The van der Waals surface area contributed by atoms with Crippen LogP contribution in [0.15, 0.2) is 24.4 Å². The lowest BCUT2D eigenvalue weighted by Gasteiger charge is -2.14. The molecule has 1 heterocycles. The van der Waals surface area contributed by atoms with Gasteiger partial charge in [0.05, 0.1) is 29.7 Å². The van der Waals surface area contributed by atoms with E-state index in [0.29, 0.717) is 5.56 Å². The summed E-state index contributed by atoms with van der Waals surface area (Å²) in [4.78, 5) is 0. The van der Waals surface area contributed by atoms with Crippen molar-refractivity contribution in [2.45, 2.75) is 13.0 Å². The third kappa shape index (κ3) is 2.08.